The number of carbonyl (C=O) groups is 1. The van der Waals surface area contributed by atoms with Crippen LogP contribution in [0, 0.1) is 13.8 Å². The maximum Gasteiger partial charge on any atom is 0.275 e. The van der Waals surface area contributed by atoms with E-state index in [-0.39, 0.29) is 18.0 Å². The number of hydrogen-bond acceptors (Lipinski definition) is 3. The van der Waals surface area contributed by atoms with E-state index in [1.54, 1.807) is 24.3 Å². The van der Waals surface area contributed by atoms with Gasteiger partial charge in [-0.05, 0) is 44.0 Å². The molecule has 0 fully saturated rings. The molecule has 0 aliphatic heterocycles. The molecule has 0 saturated carbocycles. The van der Waals surface area contributed by atoms with Crippen LogP contribution in [0.2, 0.25) is 10.0 Å². The zero-order valence-electron chi connectivity index (χ0n) is 16.6. The highest BCUT2D eigenvalue weighted by molar-refractivity contribution is 6.40. The Labute approximate surface area is 182 Å². The first-order chi connectivity index (χ1) is 14.4. The van der Waals surface area contributed by atoms with Crippen molar-refractivity contribution in [1.82, 2.24) is 20.1 Å². The smallest absolute Gasteiger partial charge is 0.275 e. The lowest BCUT2D eigenvalue weighted by molar-refractivity contribution is -0.121. The van der Waals surface area contributed by atoms with Gasteiger partial charge in [-0.15, -0.1) is 0 Å². The van der Waals surface area contributed by atoms with Gasteiger partial charge in [0.15, 0.2) is 0 Å². The second-order valence-corrected chi connectivity index (χ2v) is 8.02. The van der Waals surface area contributed by atoms with E-state index in [1.807, 2.05) is 26.0 Å². The van der Waals surface area contributed by atoms with Crippen LogP contribution in [0.3, 0.4) is 0 Å². The third-order valence-corrected chi connectivity index (χ3v) is 5.84. The third kappa shape index (κ3) is 3.68. The van der Waals surface area contributed by atoms with E-state index in [2.05, 4.69) is 15.4 Å². The van der Waals surface area contributed by atoms with E-state index in [0.717, 1.165) is 27.5 Å². The van der Waals surface area contributed by atoms with Crippen LogP contribution in [0.25, 0.3) is 21.7 Å². The van der Waals surface area contributed by atoms with Gasteiger partial charge < -0.3 is 10.3 Å². The molecule has 4 aromatic rings. The van der Waals surface area contributed by atoms with Crippen molar-refractivity contribution in [3.8, 4) is 0 Å². The lowest BCUT2D eigenvalue weighted by Crippen LogP contribution is -2.35. The zero-order chi connectivity index (χ0) is 21.4. The number of halogens is 2. The molecule has 0 aliphatic rings. The number of carbonyl (C=O) groups excluding carboxylic acids is 1. The highest BCUT2D eigenvalue weighted by atomic mass is 35.5. The number of fused-ring (bicyclic) bond motifs is 2. The topological polar surface area (TPSA) is 79.8 Å². The van der Waals surface area contributed by atoms with Crippen molar-refractivity contribution in [2.75, 3.05) is 6.54 Å². The molecular formula is C22H20Cl2N4O2. The van der Waals surface area contributed by atoms with Gasteiger partial charge in [0.05, 0.1) is 26.6 Å². The van der Waals surface area contributed by atoms with E-state index < -0.39 is 0 Å². The minimum atomic E-state index is -0.278. The van der Waals surface area contributed by atoms with Gasteiger partial charge in [0.1, 0.15) is 6.54 Å². The molecule has 30 heavy (non-hydrogen) atoms. The molecule has 4 rings (SSSR count). The van der Waals surface area contributed by atoms with Gasteiger partial charge >= 0.3 is 0 Å². The van der Waals surface area contributed by atoms with Gasteiger partial charge in [0.2, 0.25) is 5.91 Å². The van der Waals surface area contributed by atoms with E-state index in [1.165, 1.54) is 4.68 Å². The summed E-state index contributed by atoms with van der Waals surface area (Å²) < 4.78 is 1.21. The molecule has 2 aromatic carbocycles. The molecule has 0 unspecified atom stereocenters. The normalized spacial score (nSPS) is 11.3. The number of benzene rings is 2. The van der Waals surface area contributed by atoms with Crippen LogP contribution in [-0.2, 0) is 17.8 Å². The van der Waals surface area contributed by atoms with Gasteiger partial charge in [0, 0.05) is 23.0 Å². The Morgan fingerprint density at radius 3 is 2.57 bits per heavy atom. The fourth-order valence-electron chi connectivity index (χ4n) is 3.76. The summed E-state index contributed by atoms with van der Waals surface area (Å²) in [6, 6.07) is 10.8. The predicted molar refractivity (Wildman–Crippen MR) is 121 cm³/mol. The lowest BCUT2D eigenvalue weighted by atomic mass is 10.1. The van der Waals surface area contributed by atoms with Gasteiger partial charge in [-0.3, -0.25) is 9.59 Å². The van der Waals surface area contributed by atoms with Gasteiger partial charge in [-0.2, -0.15) is 5.10 Å². The molecule has 2 N–H and O–H groups in total. The van der Waals surface area contributed by atoms with Gasteiger partial charge in [-0.1, -0.05) is 41.4 Å². The van der Waals surface area contributed by atoms with Gasteiger partial charge in [0.25, 0.3) is 5.56 Å². The van der Waals surface area contributed by atoms with Crippen LogP contribution in [0.15, 0.2) is 41.2 Å². The molecule has 6 nitrogen and oxygen atoms in total. The number of rotatable bonds is 5. The average molecular weight is 443 g/mol. The highest BCUT2D eigenvalue weighted by Gasteiger charge is 2.15. The summed E-state index contributed by atoms with van der Waals surface area (Å²) in [5.74, 6) is -0.277. The monoisotopic (exact) mass is 442 g/mol. The van der Waals surface area contributed by atoms with Crippen molar-refractivity contribution in [1.29, 1.82) is 0 Å². The first-order valence-electron chi connectivity index (χ1n) is 9.55. The second kappa shape index (κ2) is 8.13. The molecule has 0 aliphatic carbocycles. The Bertz CT molecular complexity index is 1340. The molecule has 0 saturated heterocycles. The van der Waals surface area contributed by atoms with Crippen LogP contribution in [0.4, 0.5) is 0 Å². The molecule has 0 spiro atoms. The summed E-state index contributed by atoms with van der Waals surface area (Å²) in [5.41, 5.74) is 3.19. The maximum absolute atomic E-state index is 12.6. The van der Waals surface area contributed by atoms with Crippen molar-refractivity contribution >= 4 is 50.8 Å². The fraction of sp³-hybridized carbons (Fsp3) is 0.227. The number of aromatic nitrogens is 3. The van der Waals surface area contributed by atoms with Crippen molar-refractivity contribution in [3.05, 3.63) is 73.7 Å². The molecule has 0 radical (unpaired) electrons. The lowest BCUT2D eigenvalue weighted by Gasteiger charge is -2.10. The predicted octanol–water partition coefficient (Wildman–Crippen LogP) is 4.16. The number of hydrogen-bond donors (Lipinski definition) is 2. The molecule has 2 heterocycles. The quantitative estimate of drug-likeness (QED) is 0.486. The minimum absolute atomic E-state index is 0.135. The number of aromatic amines is 1. The van der Waals surface area contributed by atoms with Crippen LogP contribution >= 0.6 is 23.2 Å². The first-order valence-corrected chi connectivity index (χ1v) is 10.3. The van der Waals surface area contributed by atoms with E-state index in [9.17, 15) is 9.59 Å². The number of amides is 1. The Morgan fingerprint density at radius 1 is 1.10 bits per heavy atom. The Morgan fingerprint density at radius 2 is 1.80 bits per heavy atom. The van der Waals surface area contributed by atoms with Crippen molar-refractivity contribution < 1.29 is 4.79 Å². The largest absolute Gasteiger partial charge is 0.357 e. The van der Waals surface area contributed by atoms with Gasteiger partial charge in [-0.25, -0.2) is 4.68 Å². The Hall–Kier alpha value is -2.83. The average Bonchev–Trinajstić information content (AvgIpc) is 3.06. The summed E-state index contributed by atoms with van der Waals surface area (Å²) in [6.07, 6.45) is 0.580. The summed E-state index contributed by atoms with van der Waals surface area (Å²) in [5, 5.41) is 10.6. The van der Waals surface area contributed by atoms with Crippen LogP contribution < -0.4 is 10.9 Å². The van der Waals surface area contributed by atoms with Crippen molar-refractivity contribution in [2.24, 2.45) is 0 Å². The van der Waals surface area contributed by atoms with E-state index in [4.69, 9.17) is 23.2 Å². The molecule has 0 bridgehead atoms. The Balaban J connectivity index is 1.48. The first kappa shape index (κ1) is 20.4. The summed E-state index contributed by atoms with van der Waals surface area (Å²) in [4.78, 5) is 28.3. The second-order valence-electron chi connectivity index (χ2n) is 7.20. The third-order valence-electron chi connectivity index (χ3n) is 5.21. The van der Waals surface area contributed by atoms with Crippen molar-refractivity contribution in [2.45, 2.75) is 26.8 Å². The zero-order valence-corrected chi connectivity index (χ0v) is 18.1. The van der Waals surface area contributed by atoms with Crippen LogP contribution in [-0.4, -0.2) is 27.2 Å². The molecule has 1 amide bonds. The minimum Gasteiger partial charge on any atom is -0.357 e. The molecular weight excluding hydrogens is 423 g/mol. The molecule has 8 heteroatoms. The molecule has 0 atom stereocenters. The maximum atomic E-state index is 12.6. The SMILES string of the molecule is Cc1[nH]c2c(Cl)ccc(Cl)c2c1CCNC(=O)Cn1nc(C)c2ccccc2c1=O. The van der Waals surface area contributed by atoms with E-state index in [0.29, 0.717) is 34.1 Å². The Kier molecular flexibility index (Phi) is 5.54. The van der Waals surface area contributed by atoms with Crippen molar-refractivity contribution in [3.63, 3.8) is 0 Å². The molecule has 154 valence electrons. The van der Waals surface area contributed by atoms with Crippen LogP contribution in [0.1, 0.15) is 17.0 Å². The summed E-state index contributed by atoms with van der Waals surface area (Å²) in [7, 11) is 0. The van der Waals surface area contributed by atoms with Crippen LogP contribution in [0.5, 0.6) is 0 Å². The highest BCUT2D eigenvalue weighted by Crippen LogP contribution is 2.33. The summed E-state index contributed by atoms with van der Waals surface area (Å²) in [6.45, 7) is 4.04. The summed E-state index contributed by atoms with van der Waals surface area (Å²) >= 11 is 12.6. The molecule has 2 aromatic heterocycles. The van der Waals surface area contributed by atoms with E-state index >= 15 is 0 Å². The number of aryl methyl sites for hydroxylation is 2. The number of nitrogens with one attached hydrogen (secondary N) is 2. The number of nitrogens with zero attached hydrogens (tertiary/aromatic N) is 2. The number of H-pyrrole nitrogens is 1. The fourth-order valence-corrected chi connectivity index (χ4v) is 4.24. The standard InChI is InChI=1S/C22H20Cl2N4O2/c1-12-15(20-17(23)7-8-18(24)21(20)26-12)9-10-25-19(29)11-28-22(30)16-6-4-3-5-14(16)13(2)27-28/h3-8,26H,9-11H2,1-2H3,(H,25,29).